The first-order valence-electron chi connectivity index (χ1n) is 7.23. The van der Waals surface area contributed by atoms with Crippen LogP contribution in [0.1, 0.15) is 32.5 Å². The van der Waals surface area contributed by atoms with Gasteiger partial charge in [-0.25, -0.2) is 4.98 Å². The molecule has 0 aliphatic carbocycles. The Hall–Kier alpha value is -0.910. The highest BCUT2D eigenvalue weighted by Gasteiger charge is 2.43. The molecule has 0 radical (unpaired) electrons. The van der Waals surface area contributed by atoms with Crippen LogP contribution in [0, 0.1) is 0 Å². The molecule has 5 heteroatoms. The lowest BCUT2D eigenvalue weighted by atomic mass is 9.82. The van der Waals surface area contributed by atoms with Crippen LogP contribution in [0.2, 0.25) is 0 Å². The molecular weight excluding hydrogens is 240 g/mol. The smallest absolute Gasteiger partial charge is 0.122 e. The van der Waals surface area contributed by atoms with Crippen molar-refractivity contribution in [2.45, 2.75) is 57.5 Å². The Morgan fingerprint density at radius 3 is 2.79 bits per heavy atom. The van der Waals surface area contributed by atoms with Gasteiger partial charge >= 0.3 is 0 Å². The molecule has 0 aromatic carbocycles. The van der Waals surface area contributed by atoms with E-state index in [0.717, 1.165) is 38.3 Å². The first kappa shape index (κ1) is 13.1. The highest BCUT2D eigenvalue weighted by molar-refractivity contribution is 5.03. The molecule has 1 saturated heterocycles. The molecule has 3 heterocycles. The molecule has 2 N–H and O–H groups in total. The first-order valence-corrected chi connectivity index (χ1v) is 7.23. The van der Waals surface area contributed by atoms with Gasteiger partial charge in [0.1, 0.15) is 5.82 Å². The first-order chi connectivity index (χ1) is 9.13. The molecule has 1 fully saturated rings. The van der Waals surface area contributed by atoms with Crippen molar-refractivity contribution in [1.29, 1.82) is 0 Å². The van der Waals surface area contributed by atoms with Crippen LogP contribution in [0.4, 0.5) is 0 Å². The molecule has 0 bridgehead atoms. The Morgan fingerprint density at radius 1 is 1.37 bits per heavy atom. The van der Waals surface area contributed by atoms with Crippen molar-refractivity contribution >= 4 is 0 Å². The van der Waals surface area contributed by atoms with Crippen molar-refractivity contribution < 1.29 is 4.74 Å². The summed E-state index contributed by atoms with van der Waals surface area (Å²) in [5, 5.41) is 0. The summed E-state index contributed by atoms with van der Waals surface area (Å²) in [5.74, 6) is 1.16. The predicted molar refractivity (Wildman–Crippen MR) is 73.7 cm³/mol. The molecule has 2 aliphatic rings. The molecular formula is C14H24N4O. The van der Waals surface area contributed by atoms with E-state index in [9.17, 15) is 0 Å². The van der Waals surface area contributed by atoms with Crippen LogP contribution in [-0.2, 0) is 17.8 Å². The fraction of sp³-hybridized carbons (Fsp3) is 0.786. The van der Waals surface area contributed by atoms with Crippen molar-refractivity contribution in [3.05, 3.63) is 18.2 Å². The summed E-state index contributed by atoms with van der Waals surface area (Å²) in [6, 6.07) is 0. The lowest BCUT2D eigenvalue weighted by Gasteiger charge is -2.50. The maximum Gasteiger partial charge on any atom is 0.122 e. The fourth-order valence-electron chi connectivity index (χ4n) is 3.78. The number of rotatable bonds is 2. The number of imidazole rings is 1. The molecule has 1 aromatic rings. The molecule has 5 nitrogen and oxygen atoms in total. The minimum atomic E-state index is 0.0777. The number of nitrogens with zero attached hydrogens (tertiary/aromatic N) is 3. The van der Waals surface area contributed by atoms with Crippen LogP contribution in [0.15, 0.2) is 12.4 Å². The van der Waals surface area contributed by atoms with Gasteiger partial charge < -0.3 is 15.0 Å². The van der Waals surface area contributed by atoms with E-state index in [-0.39, 0.29) is 17.7 Å². The fourth-order valence-corrected chi connectivity index (χ4v) is 3.78. The summed E-state index contributed by atoms with van der Waals surface area (Å²) < 4.78 is 8.13. The van der Waals surface area contributed by atoms with Gasteiger partial charge in [0.15, 0.2) is 0 Å². The van der Waals surface area contributed by atoms with Crippen molar-refractivity contribution in [2.75, 3.05) is 13.1 Å². The van der Waals surface area contributed by atoms with Crippen molar-refractivity contribution in [3.8, 4) is 0 Å². The Morgan fingerprint density at radius 2 is 2.11 bits per heavy atom. The summed E-state index contributed by atoms with van der Waals surface area (Å²) in [4.78, 5) is 6.99. The molecule has 0 amide bonds. The topological polar surface area (TPSA) is 56.3 Å². The van der Waals surface area contributed by atoms with E-state index in [2.05, 4.69) is 34.5 Å². The summed E-state index contributed by atoms with van der Waals surface area (Å²) in [6.45, 7) is 7.99. The monoisotopic (exact) mass is 264 g/mol. The van der Waals surface area contributed by atoms with Gasteiger partial charge in [-0.2, -0.15) is 0 Å². The van der Waals surface area contributed by atoms with Crippen LogP contribution in [0.3, 0.4) is 0 Å². The third kappa shape index (κ3) is 2.30. The van der Waals surface area contributed by atoms with Gasteiger partial charge in [-0.1, -0.05) is 0 Å². The zero-order chi connectivity index (χ0) is 13.5. The largest absolute Gasteiger partial charge is 0.375 e. The number of hydrogen-bond acceptors (Lipinski definition) is 4. The van der Waals surface area contributed by atoms with E-state index in [4.69, 9.17) is 10.5 Å². The molecule has 19 heavy (non-hydrogen) atoms. The molecule has 3 rings (SSSR count). The van der Waals surface area contributed by atoms with Gasteiger partial charge in [0, 0.05) is 37.6 Å². The normalized spacial score (nSPS) is 36.2. The second-order valence-electron chi connectivity index (χ2n) is 6.05. The zero-order valence-electron chi connectivity index (χ0n) is 11.9. The third-order valence-electron chi connectivity index (χ3n) is 4.60. The standard InChI is InChI=1S/C14H24N4O/c1-11-7-14(10-15,8-12(2)19-11)18-6-5-17-4-3-16-13(17)9-18/h3-4,11-12H,5-10,15H2,1-2H3. The van der Waals surface area contributed by atoms with Gasteiger partial charge in [0.05, 0.1) is 18.8 Å². The van der Waals surface area contributed by atoms with E-state index in [0.29, 0.717) is 6.54 Å². The Balaban J connectivity index is 1.83. The second-order valence-corrected chi connectivity index (χ2v) is 6.05. The van der Waals surface area contributed by atoms with Gasteiger partial charge in [-0.3, -0.25) is 4.90 Å². The Labute approximate surface area is 114 Å². The van der Waals surface area contributed by atoms with Crippen LogP contribution >= 0.6 is 0 Å². The van der Waals surface area contributed by atoms with Crippen LogP contribution in [0.25, 0.3) is 0 Å². The molecule has 1 aromatic heterocycles. The Bertz CT molecular complexity index is 434. The average molecular weight is 264 g/mol. The SMILES string of the molecule is CC1CC(CN)(N2CCn3ccnc3C2)CC(C)O1. The highest BCUT2D eigenvalue weighted by Crippen LogP contribution is 2.35. The van der Waals surface area contributed by atoms with Crippen molar-refractivity contribution in [3.63, 3.8) is 0 Å². The van der Waals surface area contributed by atoms with E-state index in [1.807, 2.05) is 6.20 Å². The van der Waals surface area contributed by atoms with E-state index < -0.39 is 0 Å². The van der Waals surface area contributed by atoms with Gasteiger partial charge in [-0.05, 0) is 26.7 Å². The summed E-state index contributed by atoms with van der Waals surface area (Å²) >= 11 is 0. The Kier molecular flexibility index (Phi) is 3.37. The number of nitrogens with two attached hydrogens (primary N) is 1. The molecule has 2 unspecified atom stereocenters. The van der Waals surface area contributed by atoms with Gasteiger partial charge in [0.2, 0.25) is 0 Å². The summed E-state index contributed by atoms with van der Waals surface area (Å²) in [6.07, 6.45) is 6.58. The van der Waals surface area contributed by atoms with Gasteiger partial charge in [-0.15, -0.1) is 0 Å². The third-order valence-corrected chi connectivity index (χ3v) is 4.60. The lowest BCUT2D eigenvalue weighted by molar-refractivity contribution is -0.109. The minimum Gasteiger partial charge on any atom is -0.375 e. The quantitative estimate of drug-likeness (QED) is 0.865. The predicted octanol–water partition coefficient (Wildman–Crippen LogP) is 0.984. The van der Waals surface area contributed by atoms with E-state index in [1.54, 1.807) is 0 Å². The number of fused-ring (bicyclic) bond motifs is 1. The maximum atomic E-state index is 6.16. The minimum absolute atomic E-state index is 0.0777. The van der Waals surface area contributed by atoms with Crippen molar-refractivity contribution in [2.24, 2.45) is 5.73 Å². The zero-order valence-corrected chi connectivity index (χ0v) is 11.9. The molecule has 2 atom stereocenters. The van der Waals surface area contributed by atoms with Crippen LogP contribution in [-0.4, -0.2) is 45.3 Å². The molecule has 0 saturated carbocycles. The summed E-state index contributed by atoms with van der Waals surface area (Å²) in [5.41, 5.74) is 6.24. The maximum absolute atomic E-state index is 6.16. The van der Waals surface area contributed by atoms with E-state index in [1.165, 1.54) is 0 Å². The number of aromatic nitrogens is 2. The number of hydrogen-bond donors (Lipinski definition) is 1. The second kappa shape index (κ2) is 4.89. The summed E-state index contributed by atoms with van der Waals surface area (Å²) in [7, 11) is 0. The van der Waals surface area contributed by atoms with Gasteiger partial charge in [0.25, 0.3) is 0 Å². The number of ether oxygens (including phenoxy) is 1. The van der Waals surface area contributed by atoms with Crippen LogP contribution < -0.4 is 5.73 Å². The molecule has 0 spiro atoms. The van der Waals surface area contributed by atoms with Crippen molar-refractivity contribution in [1.82, 2.24) is 14.5 Å². The van der Waals surface area contributed by atoms with E-state index >= 15 is 0 Å². The highest BCUT2D eigenvalue weighted by atomic mass is 16.5. The lowest BCUT2D eigenvalue weighted by Crippen LogP contribution is -2.61. The molecule has 2 aliphatic heterocycles. The average Bonchev–Trinajstić information content (AvgIpc) is 2.84. The van der Waals surface area contributed by atoms with Crippen LogP contribution in [0.5, 0.6) is 0 Å². The molecule has 106 valence electrons.